The minimum atomic E-state index is -4.87. The van der Waals surface area contributed by atoms with Gasteiger partial charge in [-0.05, 0) is 24.6 Å². The first-order chi connectivity index (χ1) is 16.1. The van der Waals surface area contributed by atoms with Gasteiger partial charge in [-0.25, -0.2) is 4.79 Å². The predicted octanol–water partition coefficient (Wildman–Crippen LogP) is 4.36. The SMILES string of the molecule is Cc1[nH]c2c(-c3ccccc3)c(C(F)(F)F)nn2c(=O)c1C(=O)Nc1ccccc1NC(=O)O. The van der Waals surface area contributed by atoms with E-state index >= 15 is 0 Å². The van der Waals surface area contributed by atoms with Crippen LogP contribution >= 0.6 is 0 Å². The van der Waals surface area contributed by atoms with Crippen molar-refractivity contribution in [1.29, 1.82) is 0 Å². The molecule has 0 saturated carbocycles. The summed E-state index contributed by atoms with van der Waals surface area (Å²) in [5, 5.41) is 17.0. The topological polar surface area (TPSA) is 129 Å². The molecule has 0 fully saturated rings. The van der Waals surface area contributed by atoms with Crippen molar-refractivity contribution in [3.8, 4) is 11.1 Å². The fraction of sp³-hybridized carbons (Fsp3) is 0.0909. The summed E-state index contributed by atoms with van der Waals surface area (Å²) >= 11 is 0. The number of alkyl halides is 3. The smallest absolute Gasteiger partial charge is 0.435 e. The van der Waals surface area contributed by atoms with Crippen LogP contribution in [0, 0.1) is 6.92 Å². The number of H-pyrrole nitrogens is 1. The van der Waals surface area contributed by atoms with E-state index in [2.05, 4.69) is 20.7 Å². The van der Waals surface area contributed by atoms with Crippen LogP contribution in [0.3, 0.4) is 0 Å². The molecule has 2 aromatic carbocycles. The molecule has 0 aliphatic carbocycles. The highest BCUT2D eigenvalue weighted by molar-refractivity contribution is 6.07. The molecule has 34 heavy (non-hydrogen) atoms. The van der Waals surface area contributed by atoms with Gasteiger partial charge in [0.05, 0.1) is 16.9 Å². The van der Waals surface area contributed by atoms with E-state index in [0.717, 1.165) is 0 Å². The van der Waals surface area contributed by atoms with Gasteiger partial charge in [-0.2, -0.15) is 22.8 Å². The predicted molar refractivity (Wildman–Crippen MR) is 117 cm³/mol. The quantitative estimate of drug-likeness (QED) is 0.352. The van der Waals surface area contributed by atoms with Crippen LogP contribution in [0.2, 0.25) is 0 Å². The van der Waals surface area contributed by atoms with Crippen molar-refractivity contribution >= 4 is 29.0 Å². The van der Waals surface area contributed by atoms with Crippen LogP contribution in [0.15, 0.2) is 59.4 Å². The molecule has 9 nitrogen and oxygen atoms in total. The Bertz CT molecular complexity index is 1480. The number of hydrogen-bond acceptors (Lipinski definition) is 4. The van der Waals surface area contributed by atoms with Gasteiger partial charge < -0.3 is 15.4 Å². The molecule has 0 bridgehead atoms. The third kappa shape index (κ3) is 4.08. The lowest BCUT2D eigenvalue weighted by molar-refractivity contribution is -0.140. The lowest BCUT2D eigenvalue weighted by Gasteiger charge is -2.12. The summed E-state index contributed by atoms with van der Waals surface area (Å²) in [6.45, 7) is 1.37. The molecule has 2 aromatic heterocycles. The highest BCUT2D eigenvalue weighted by Gasteiger charge is 2.39. The van der Waals surface area contributed by atoms with E-state index in [1.807, 2.05) is 0 Å². The zero-order valence-corrected chi connectivity index (χ0v) is 17.4. The van der Waals surface area contributed by atoms with Gasteiger partial charge >= 0.3 is 12.3 Å². The van der Waals surface area contributed by atoms with E-state index in [0.29, 0.717) is 4.52 Å². The maximum Gasteiger partial charge on any atom is 0.435 e. The first-order valence-electron chi connectivity index (χ1n) is 9.76. The summed E-state index contributed by atoms with van der Waals surface area (Å²) in [5.41, 5.74) is -3.08. The first kappa shape index (κ1) is 22.6. The highest BCUT2D eigenvalue weighted by atomic mass is 19.4. The lowest BCUT2D eigenvalue weighted by atomic mass is 10.1. The van der Waals surface area contributed by atoms with Crippen LogP contribution in [0.25, 0.3) is 16.8 Å². The van der Waals surface area contributed by atoms with Crippen LogP contribution < -0.4 is 16.2 Å². The van der Waals surface area contributed by atoms with Crippen LogP contribution in [0.1, 0.15) is 21.7 Å². The zero-order valence-electron chi connectivity index (χ0n) is 17.4. The number of carbonyl (C=O) groups is 2. The van der Waals surface area contributed by atoms with Crippen LogP contribution in [0.5, 0.6) is 0 Å². The Hall–Kier alpha value is -4.61. The number of aryl methyl sites for hydroxylation is 1. The molecule has 12 heteroatoms. The number of carboxylic acid groups (broad SMARTS) is 1. The van der Waals surface area contributed by atoms with E-state index in [4.69, 9.17) is 5.11 Å². The van der Waals surface area contributed by atoms with E-state index in [1.165, 1.54) is 43.3 Å². The van der Waals surface area contributed by atoms with E-state index < -0.39 is 35.0 Å². The number of aromatic nitrogens is 3. The Balaban J connectivity index is 1.86. The Kier molecular flexibility index (Phi) is 5.57. The van der Waals surface area contributed by atoms with E-state index in [9.17, 15) is 27.6 Å². The number of rotatable bonds is 4. The second-order valence-corrected chi connectivity index (χ2v) is 7.21. The molecule has 2 heterocycles. The average Bonchev–Trinajstić information content (AvgIpc) is 3.15. The van der Waals surface area contributed by atoms with Crippen molar-refractivity contribution in [2.75, 3.05) is 10.6 Å². The van der Waals surface area contributed by atoms with Gasteiger partial charge in [0.2, 0.25) is 0 Å². The summed E-state index contributed by atoms with van der Waals surface area (Å²) in [5.74, 6) is -0.953. The number of halogens is 3. The van der Waals surface area contributed by atoms with Crippen molar-refractivity contribution in [2.45, 2.75) is 13.1 Å². The van der Waals surface area contributed by atoms with Crippen molar-refractivity contribution in [3.63, 3.8) is 0 Å². The number of nitrogens with one attached hydrogen (secondary N) is 3. The van der Waals surface area contributed by atoms with Crippen LogP contribution in [-0.2, 0) is 6.18 Å². The highest BCUT2D eigenvalue weighted by Crippen LogP contribution is 2.38. The van der Waals surface area contributed by atoms with Gasteiger partial charge in [-0.1, -0.05) is 42.5 Å². The molecule has 0 aliphatic rings. The molecule has 0 aliphatic heterocycles. The van der Waals surface area contributed by atoms with Crippen LogP contribution in [0.4, 0.5) is 29.3 Å². The summed E-state index contributed by atoms with van der Waals surface area (Å²) in [4.78, 5) is 39.7. The van der Waals surface area contributed by atoms with Gasteiger partial charge in [-0.15, -0.1) is 0 Å². The Morgan fingerprint density at radius 2 is 1.59 bits per heavy atom. The second-order valence-electron chi connectivity index (χ2n) is 7.21. The van der Waals surface area contributed by atoms with Crippen molar-refractivity contribution in [1.82, 2.24) is 14.6 Å². The van der Waals surface area contributed by atoms with E-state index in [-0.39, 0.29) is 33.8 Å². The molecular weight excluding hydrogens is 455 g/mol. The third-order valence-electron chi connectivity index (χ3n) is 4.95. The molecule has 2 amide bonds. The fourth-order valence-corrected chi connectivity index (χ4v) is 3.53. The second kappa shape index (κ2) is 8.39. The van der Waals surface area contributed by atoms with Gasteiger partial charge in [-0.3, -0.25) is 14.9 Å². The fourth-order valence-electron chi connectivity index (χ4n) is 3.53. The van der Waals surface area contributed by atoms with Crippen LogP contribution in [-0.4, -0.2) is 31.7 Å². The minimum absolute atomic E-state index is 0.00415. The Morgan fingerprint density at radius 1 is 1.00 bits per heavy atom. The Labute approximate surface area is 188 Å². The molecule has 4 rings (SSSR count). The maximum absolute atomic E-state index is 13.8. The van der Waals surface area contributed by atoms with E-state index in [1.54, 1.807) is 18.2 Å². The molecule has 174 valence electrons. The molecule has 0 atom stereocenters. The standard InChI is InChI=1S/C22H16F3N5O4/c1-11-15(19(31)27-13-9-5-6-10-14(13)28-21(33)34)20(32)30-18(26-11)16(12-7-3-2-4-8-12)17(29-30)22(23,24)25/h2-10,26,28H,1H3,(H,27,31)(H,33,34). The van der Waals surface area contributed by atoms with Gasteiger partial charge in [0.25, 0.3) is 11.5 Å². The molecule has 4 aromatic rings. The van der Waals surface area contributed by atoms with Crippen molar-refractivity contribution < 1.29 is 27.9 Å². The number of hydrogen-bond donors (Lipinski definition) is 4. The van der Waals surface area contributed by atoms with Gasteiger partial charge in [0.15, 0.2) is 5.69 Å². The van der Waals surface area contributed by atoms with Gasteiger partial charge in [0, 0.05) is 5.69 Å². The number of anilines is 2. The summed E-state index contributed by atoms with van der Waals surface area (Å²) in [7, 11) is 0. The number of nitrogens with zero attached hydrogens (tertiary/aromatic N) is 2. The molecule has 0 radical (unpaired) electrons. The summed E-state index contributed by atoms with van der Waals surface area (Å²) in [6, 6.07) is 13.5. The normalized spacial score (nSPS) is 11.4. The number of carbonyl (C=O) groups excluding carboxylic acids is 1. The number of benzene rings is 2. The summed E-state index contributed by atoms with van der Waals surface area (Å²) < 4.78 is 41.8. The minimum Gasteiger partial charge on any atom is -0.465 e. The number of fused-ring (bicyclic) bond motifs is 1. The largest absolute Gasteiger partial charge is 0.465 e. The molecule has 0 unspecified atom stereocenters. The lowest BCUT2D eigenvalue weighted by Crippen LogP contribution is -2.29. The third-order valence-corrected chi connectivity index (χ3v) is 4.95. The maximum atomic E-state index is 13.8. The van der Waals surface area contributed by atoms with Crippen molar-refractivity contribution in [2.24, 2.45) is 0 Å². The Morgan fingerprint density at radius 3 is 2.18 bits per heavy atom. The van der Waals surface area contributed by atoms with Gasteiger partial charge in [0.1, 0.15) is 11.2 Å². The zero-order chi connectivity index (χ0) is 24.6. The summed E-state index contributed by atoms with van der Waals surface area (Å²) in [6.07, 6.45) is -6.24. The monoisotopic (exact) mass is 471 g/mol. The number of amides is 2. The first-order valence-corrected chi connectivity index (χ1v) is 9.76. The molecule has 0 spiro atoms. The molecule has 4 N–H and O–H groups in total. The molecular formula is C22H16F3N5O4. The number of para-hydroxylation sites is 2. The average molecular weight is 471 g/mol. The molecule has 0 saturated heterocycles. The van der Waals surface area contributed by atoms with Crippen molar-refractivity contribution in [3.05, 3.63) is 81.9 Å². The number of aromatic amines is 1.